The number of hydrogen-bond donors (Lipinski definition) is 3. The quantitative estimate of drug-likeness (QED) is 0.761. The van der Waals surface area contributed by atoms with Crippen LogP contribution in [0.25, 0.3) is 5.57 Å². The summed E-state index contributed by atoms with van der Waals surface area (Å²) in [7, 11) is 4.32. The van der Waals surface area contributed by atoms with E-state index in [1.165, 1.54) is 16.0 Å². The Labute approximate surface area is 143 Å². The molecule has 3 rings (SSSR count). The Hall–Kier alpha value is -2.78. The van der Waals surface area contributed by atoms with Crippen LogP contribution in [0.1, 0.15) is 11.1 Å². The molecular weight excluding hydrogens is 294 g/mol. The third kappa shape index (κ3) is 3.42. The van der Waals surface area contributed by atoms with Gasteiger partial charge in [0.1, 0.15) is 6.04 Å². The average Bonchev–Trinajstić information content (AvgIpc) is 2.59. The largest absolute Gasteiger partial charge is 0.399 e. The summed E-state index contributed by atoms with van der Waals surface area (Å²) < 4.78 is 0. The van der Waals surface area contributed by atoms with Crippen molar-refractivity contribution in [2.45, 2.75) is 6.04 Å². The van der Waals surface area contributed by atoms with E-state index in [1.807, 2.05) is 24.3 Å². The highest BCUT2D eigenvalue weighted by molar-refractivity contribution is 5.86. The lowest BCUT2D eigenvalue weighted by Gasteiger charge is -2.19. The Morgan fingerprint density at radius 2 is 1.17 bits per heavy atom. The zero-order valence-corrected chi connectivity index (χ0v) is 14.2. The van der Waals surface area contributed by atoms with Crippen molar-refractivity contribution in [2.24, 2.45) is 0 Å². The first-order valence-electron chi connectivity index (χ1n) is 8.17. The van der Waals surface area contributed by atoms with E-state index in [4.69, 9.17) is 11.5 Å². The second-order valence-corrected chi connectivity index (χ2v) is 6.40. The molecule has 0 atom stereocenters. The van der Waals surface area contributed by atoms with E-state index in [9.17, 15) is 0 Å². The number of anilines is 2. The Morgan fingerprint density at radius 3 is 1.54 bits per heavy atom. The van der Waals surface area contributed by atoms with Crippen molar-refractivity contribution in [1.29, 1.82) is 0 Å². The molecule has 2 aromatic rings. The minimum absolute atomic E-state index is 0.410. The van der Waals surface area contributed by atoms with E-state index >= 15 is 0 Å². The Kier molecular flexibility index (Phi) is 4.54. The molecule has 2 aromatic carbocycles. The molecule has 5 N–H and O–H groups in total. The van der Waals surface area contributed by atoms with Crippen molar-refractivity contribution in [3.63, 3.8) is 0 Å². The van der Waals surface area contributed by atoms with Gasteiger partial charge in [-0.25, -0.2) is 0 Å². The first kappa shape index (κ1) is 16.1. The lowest BCUT2D eigenvalue weighted by atomic mass is 9.90. The van der Waals surface area contributed by atoms with Gasteiger partial charge in [-0.1, -0.05) is 36.4 Å². The van der Waals surface area contributed by atoms with Crippen molar-refractivity contribution in [1.82, 2.24) is 0 Å². The summed E-state index contributed by atoms with van der Waals surface area (Å²) in [6, 6.07) is 16.4. The number of nitrogens with one attached hydrogen (secondary N) is 1. The van der Waals surface area contributed by atoms with E-state index in [1.54, 1.807) is 0 Å². The van der Waals surface area contributed by atoms with Crippen molar-refractivity contribution in [2.75, 3.05) is 25.6 Å². The van der Waals surface area contributed by atoms with Gasteiger partial charge in [0.2, 0.25) is 0 Å². The van der Waals surface area contributed by atoms with Crippen LogP contribution in [0.3, 0.4) is 0 Å². The number of quaternary nitrogens is 1. The molecule has 0 saturated carbocycles. The van der Waals surface area contributed by atoms with Crippen LogP contribution < -0.4 is 16.4 Å². The summed E-state index contributed by atoms with van der Waals surface area (Å²) in [5.74, 6) is 0. The zero-order valence-electron chi connectivity index (χ0n) is 14.2. The molecular formula is C21H24N3+. The fourth-order valence-electron chi connectivity index (χ4n) is 2.89. The molecule has 0 fully saturated rings. The van der Waals surface area contributed by atoms with Crippen LogP contribution in [-0.4, -0.2) is 20.1 Å². The maximum absolute atomic E-state index is 5.85. The number of benzene rings is 2. The fraction of sp³-hybridized carbons (Fsp3) is 0.143. The minimum atomic E-state index is 0.410. The number of rotatable bonds is 3. The number of allylic oxidation sites excluding steroid dienone is 3. The summed E-state index contributed by atoms with van der Waals surface area (Å²) in [5, 5.41) is 0. The monoisotopic (exact) mass is 318 g/mol. The number of nitrogen functional groups attached to an aromatic ring is 2. The highest BCUT2D eigenvalue weighted by atomic mass is 15.1. The molecule has 1 aliphatic carbocycles. The highest BCUT2D eigenvalue weighted by Gasteiger charge is 2.15. The van der Waals surface area contributed by atoms with Crippen LogP contribution in [-0.2, 0) is 0 Å². The maximum atomic E-state index is 5.85. The van der Waals surface area contributed by atoms with E-state index in [0.717, 1.165) is 22.5 Å². The predicted octanol–water partition coefficient (Wildman–Crippen LogP) is 2.29. The molecule has 3 nitrogen and oxygen atoms in total. The Balaban J connectivity index is 2.11. The predicted molar refractivity (Wildman–Crippen MR) is 103 cm³/mol. The molecule has 3 heteroatoms. The van der Waals surface area contributed by atoms with Gasteiger partial charge in [-0.05, 0) is 58.7 Å². The van der Waals surface area contributed by atoms with Crippen LogP contribution in [0.15, 0.2) is 78.4 Å². The van der Waals surface area contributed by atoms with Gasteiger partial charge in [0.25, 0.3) is 0 Å². The van der Waals surface area contributed by atoms with Gasteiger partial charge < -0.3 is 16.4 Å². The topological polar surface area (TPSA) is 56.5 Å². The molecule has 0 heterocycles. The Morgan fingerprint density at radius 1 is 0.750 bits per heavy atom. The maximum Gasteiger partial charge on any atom is 0.125 e. The van der Waals surface area contributed by atoms with E-state index in [-0.39, 0.29) is 0 Å². The van der Waals surface area contributed by atoms with Crippen LogP contribution in [0.4, 0.5) is 11.4 Å². The molecule has 122 valence electrons. The van der Waals surface area contributed by atoms with Crippen LogP contribution in [0, 0.1) is 0 Å². The summed E-state index contributed by atoms with van der Waals surface area (Å²) in [5.41, 5.74) is 17.9. The normalized spacial score (nSPS) is 16.6. The molecule has 1 aliphatic rings. The van der Waals surface area contributed by atoms with Crippen molar-refractivity contribution < 1.29 is 4.90 Å². The molecule has 0 radical (unpaired) electrons. The minimum Gasteiger partial charge on any atom is -0.399 e. The summed E-state index contributed by atoms with van der Waals surface area (Å²) in [6.45, 7) is 0. The van der Waals surface area contributed by atoms with Crippen molar-refractivity contribution in [3.05, 3.63) is 89.5 Å². The molecule has 0 aromatic heterocycles. The summed E-state index contributed by atoms with van der Waals surface area (Å²) in [6.07, 6.45) is 8.91. The molecule has 0 aliphatic heterocycles. The van der Waals surface area contributed by atoms with Crippen molar-refractivity contribution in [3.8, 4) is 0 Å². The van der Waals surface area contributed by atoms with E-state index in [0.29, 0.717) is 6.04 Å². The van der Waals surface area contributed by atoms with Gasteiger partial charge in [-0.2, -0.15) is 0 Å². The average molecular weight is 318 g/mol. The second kappa shape index (κ2) is 6.77. The molecule has 0 saturated heterocycles. The zero-order chi connectivity index (χ0) is 17.1. The smallest absolute Gasteiger partial charge is 0.125 e. The van der Waals surface area contributed by atoms with E-state index in [2.05, 4.69) is 62.7 Å². The van der Waals surface area contributed by atoms with E-state index < -0.39 is 0 Å². The van der Waals surface area contributed by atoms with Crippen LogP contribution in [0.2, 0.25) is 0 Å². The van der Waals surface area contributed by atoms with Gasteiger partial charge >= 0.3 is 0 Å². The highest BCUT2D eigenvalue weighted by Crippen LogP contribution is 2.30. The fourth-order valence-corrected chi connectivity index (χ4v) is 2.89. The van der Waals surface area contributed by atoms with Gasteiger partial charge in [-0.3, -0.25) is 0 Å². The molecule has 0 amide bonds. The summed E-state index contributed by atoms with van der Waals surface area (Å²) >= 11 is 0. The van der Waals surface area contributed by atoms with Gasteiger partial charge in [0.05, 0.1) is 14.1 Å². The Bertz CT molecular complexity index is 730. The first-order chi connectivity index (χ1) is 11.5. The lowest BCUT2D eigenvalue weighted by Crippen LogP contribution is -3.09. The first-order valence-corrected chi connectivity index (χ1v) is 8.17. The molecule has 0 unspecified atom stereocenters. The lowest BCUT2D eigenvalue weighted by molar-refractivity contribution is -0.871. The second-order valence-electron chi connectivity index (χ2n) is 6.40. The van der Waals surface area contributed by atoms with Gasteiger partial charge in [-0.15, -0.1) is 0 Å². The van der Waals surface area contributed by atoms with Crippen LogP contribution in [0.5, 0.6) is 0 Å². The number of nitrogens with two attached hydrogens (primary N) is 2. The van der Waals surface area contributed by atoms with Gasteiger partial charge in [0.15, 0.2) is 0 Å². The third-order valence-corrected chi connectivity index (χ3v) is 4.32. The van der Waals surface area contributed by atoms with Crippen LogP contribution >= 0.6 is 0 Å². The molecule has 24 heavy (non-hydrogen) atoms. The molecule has 0 bridgehead atoms. The number of likely N-dealkylation sites (N-methyl/N-ethyl adjacent to an activating group) is 1. The van der Waals surface area contributed by atoms with Gasteiger partial charge in [0, 0.05) is 11.4 Å². The SMILES string of the molecule is C[NH+](C)C1C=CC(=C(c2ccc(N)cc2)c2ccc(N)cc2)C=C1. The molecule has 0 spiro atoms. The van der Waals surface area contributed by atoms with Crippen molar-refractivity contribution >= 4 is 16.9 Å². The third-order valence-electron chi connectivity index (χ3n) is 4.32. The standard InChI is InChI=1S/C21H23N3/c1-24(2)20-13-7-17(8-14-20)21(15-3-9-18(22)10-4-15)16-5-11-19(23)12-6-16/h3-14,20H,22-23H2,1-2H3/p+1. The summed E-state index contributed by atoms with van der Waals surface area (Å²) in [4.78, 5) is 1.39. The number of hydrogen-bond acceptors (Lipinski definition) is 2.